The van der Waals surface area contributed by atoms with E-state index in [-0.39, 0.29) is 39.7 Å². The van der Waals surface area contributed by atoms with Crippen molar-refractivity contribution in [1.29, 1.82) is 0 Å². The summed E-state index contributed by atoms with van der Waals surface area (Å²) in [4.78, 5) is 0. The van der Waals surface area contributed by atoms with Gasteiger partial charge in [-0.3, -0.25) is 0 Å². The number of allylic oxidation sites excluding steroid dienone is 2. The summed E-state index contributed by atoms with van der Waals surface area (Å²) in [5.74, 6) is 0.791. The Bertz CT molecular complexity index is 1600. The first-order valence-electron chi connectivity index (χ1n) is 24.7. The summed E-state index contributed by atoms with van der Waals surface area (Å²) in [5.41, 5.74) is 7.07. The van der Waals surface area contributed by atoms with Crippen molar-refractivity contribution in [3.05, 3.63) is 107 Å². The van der Waals surface area contributed by atoms with E-state index in [4.69, 9.17) is 23.7 Å². The third kappa shape index (κ3) is 25.4. The van der Waals surface area contributed by atoms with Crippen LogP contribution in [0.1, 0.15) is 205 Å². The zero-order chi connectivity index (χ0) is 49.6. The molecule has 0 aliphatic carbocycles. The average molecular weight is 891 g/mol. The third-order valence-electron chi connectivity index (χ3n) is 13.2. The number of hydrogen-bond acceptors (Lipinski definition) is 5. The summed E-state index contributed by atoms with van der Waals surface area (Å²) >= 11 is 0. The van der Waals surface area contributed by atoms with Crippen molar-refractivity contribution in [1.82, 2.24) is 0 Å². The molecule has 0 saturated carbocycles. The lowest BCUT2D eigenvalue weighted by molar-refractivity contribution is -0.135. The zero-order valence-corrected chi connectivity index (χ0v) is 45.7. The van der Waals surface area contributed by atoms with E-state index in [0.29, 0.717) is 32.3 Å². The predicted molar refractivity (Wildman–Crippen MR) is 280 cm³/mol. The van der Waals surface area contributed by atoms with E-state index in [0.717, 1.165) is 50.7 Å². The van der Waals surface area contributed by atoms with Gasteiger partial charge in [0.15, 0.2) is 0 Å². The van der Waals surface area contributed by atoms with E-state index in [1.54, 1.807) is 6.08 Å². The van der Waals surface area contributed by atoms with Crippen LogP contribution in [0.2, 0.25) is 0 Å². The molecule has 2 atom stereocenters. The average Bonchev–Trinajstić information content (AvgIpc) is 3.26. The second-order valence-corrected chi connectivity index (χ2v) is 22.1. The SMILES string of the molecule is C/C=C(\C)C(C)(C)CCC(C)(C)OCC(COC(C)(C)CC)COC(C)(C)COC(C)c1ccc(CC)cc1.C=CC(=C)C(C)(C)OCC(C)(C)CC.CCc1ccc(C(C)C)cc1. The van der Waals surface area contributed by atoms with Gasteiger partial charge in [0.05, 0.1) is 61.5 Å². The van der Waals surface area contributed by atoms with E-state index < -0.39 is 5.60 Å². The first-order chi connectivity index (χ1) is 29.4. The highest BCUT2D eigenvalue weighted by molar-refractivity contribution is 5.25. The second-order valence-electron chi connectivity index (χ2n) is 22.1. The van der Waals surface area contributed by atoms with Crippen LogP contribution in [0.25, 0.3) is 0 Å². The van der Waals surface area contributed by atoms with Gasteiger partial charge >= 0.3 is 0 Å². The molecule has 0 spiro atoms. The summed E-state index contributed by atoms with van der Waals surface area (Å²) < 4.78 is 31.4. The Labute approximate surface area is 397 Å². The minimum absolute atomic E-state index is 0.0165. The molecule has 2 rings (SSSR count). The molecule has 0 radical (unpaired) electrons. The van der Waals surface area contributed by atoms with Gasteiger partial charge in [-0.25, -0.2) is 0 Å². The maximum absolute atomic E-state index is 6.53. The van der Waals surface area contributed by atoms with Gasteiger partial charge in [0.2, 0.25) is 0 Å². The van der Waals surface area contributed by atoms with Crippen molar-refractivity contribution in [3.63, 3.8) is 0 Å². The van der Waals surface area contributed by atoms with Crippen LogP contribution >= 0.6 is 0 Å². The van der Waals surface area contributed by atoms with Gasteiger partial charge in [-0.05, 0) is 159 Å². The first-order valence-corrected chi connectivity index (χ1v) is 24.7. The molecule has 0 heterocycles. The van der Waals surface area contributed by atoms with Gasteiger partial charge in [0.1, 0.15) is 0 Å². The Morgan fingerprint density at radius 1 is 0.594 bits per heavy atom. The van der Waals surface area contributed by atoms with Gasteiger partial charge in [-0.2, -0.15) is 0 Å². The Balaban J connectivity index is 0.00000128. The molecule has 0 saturated heterocycles. The second kappa shape index (κ2) is 28.6. The fourth-order valence-electron chi connectivity index (χ4n) is 5.99. The molecule has 0 aliphatic rings. The van der Waals surface area contributed by atoms with E-state index >= 15 is 0 Å². The standard InChI is InChI=1S/C35H62O4.C13H24O.C11H16/c1-14-27(4)32(6,7)21-22-34(10,11)38-24-30(23-37-33(8,9)16-3)25-39-35(12,13)26-36-28(5)31-19-17-29(15-2)18-20-31;1-8-11(3)13(6,7)14-10-12(4,5)9-2;1-4-10-5-7-11(8-6-10)9(2)3/h14,17-20,28,30H,15-16,21-26H2,1-13H3;8H,1,3,9-10H2,2,4-7H3;5-9H,4H2,1-3H3/b27-14+;;. The van der Waals surface area contributed by atoms with Crippen molar-refractivity contribution in [2.75, 3.05) is 33.0 Å². The van der Waals surface area contributed by atoms with Crippen molar-refractivity contribution in [2.45, 2.75) is 218 Å². The first kappa shape index (κ1) is 61.5. The van der Waals surface area contributed by atoms with Gasteiger partial charge in [0.25, 0.3) is 0 Å². The Morgan fingerprint density at radius 3 is 1.45 bits per heavy atom. The van der Waals surface area contributed by atoms with Gasteiger partial charge < -0.3 is 23.7 Å². The molecule has 2 aromatic rings. The van der Waals surface area contributed by atoms with Crippen LogP contribution in [-0.4, -0.2) is 55.4 Å². The van der Waals surface area contributed by atoms with Gasteiger partial charge in [-0.15, -0.1) is 0 Å². The number of ether oxygens (including phenoxy) is 5. The Morgan fingerprint density at radius 2 is 1.05 bits per heavy atom. The summed E-state index contributed by atoms with van der Waals surface area (Å²) in [6.45, 7) is 56.3. The highest BCUT2D eigenvalue weighted by atomic mass is 16.6. The van der Waals surface area contributed by atoms with Crippen LogP contribution in [0.4, 0.5) is 0 Å². The van der Waals surface area contributed by atoms with Crippen molar-refractivity contribution in [3.8, 4) is 0 Å². The molecule has 5 heteroatoms. The summed E-state index contributed by atoms with van der Waals surface area (Å²) in [7, 11) is 0. The van der Waals surface area contributed by atoms with Crippen molar-refractivity contribution >= 4 is 0 Å². The minimum atomic E-state index is -0.417. The molecule has 0 aliphatic heterocycles. The van der Waals surface area contributed by atoms with Crippen LogP contribution in [0.3, 0.4) is 0 Å². The van der Waals surface area contributed by atoms with E-state index in [1.165, 1.54) is 27.8 Å². The highest BCUT2D eigenvalue weighted by Gasteiger charge is 2.30. The minimum Gasteiger partial charge on any atom is -0.375 e. The smallest absolute Gasteiger partial charge is 0.0869 e. The quantitative estimate of drug-likeness (QED) is 0.0660. The van der Waals surface area contributed by atoms with E-state index in [2.05, 4.69) is 199 Å². The maximum Gasteiger partial charge on any atom is 0.0869 e. The molecule has 368 valence electrons. The topological polar surface area (TPSA) is 46.2 Å². The van der Waals surface area contributed by atoms with Crippen LogP contribution in [0.5, 0.6) is 0 Å². The van der Waals surface area contributed by atoms with Crippen molar-refractivity contribution in [2.24, 2.45) is 16.7 Å². The number of hydrogen-bond donors (Lipinski definition) is 0. The molecular formula is C59H102O5. The highest BCUT2D eigenvalue weighted by Crippen LogP contribution is 2.35. The lowest BCUT2D eigenvalue weighted by Crippen LogP contribution is -2.38. The molecule has 2 aromatic carbocycles. The molecule has 0 aromatic heterocycles. The summed E-state index contributed by atoms with van der Waals surface area (Å²) in [6, 6.07) is 17.6. The van der Waals surface area contributed by atoms with E-state index in [9.17, 15) is 0 Å². The molecular weight excluding hydrogens is 789 g/mol. The van der Waals surface area contributed by atoms with Gasteiger partial charge in [0, 0.05) is 5.92 Å². The molecule has 2 unspecified atom stereocenters. The lowest BCUT2D eigenvalue weighted by atomic mass is 9.78. The summed E-state index contributed by atoms with van der Waals surface area (Å²) in [6.07, 6.45) is 10.3. The fourth-order valence-corrected chi connectivity index (χ4v) is 5.99. The molecule has 0 fully saturated rings. The molecule has 0 amide bonds. The van der Waals surface area contributed by atoms with Crippen LogP contribution in [0, 0.1) is 16.7 Å². The number of rotatable bonds is 27. The molecule has 0 bridgehead atoms. The fraction of sp³-hybridized carbons (Fsp3) is 0.695. The predicted octanol–water partition coefficient (Wildman–Crippen LogP) is 16.8. The lowest BCUT2D eigenvalue weighted by Gasteiger charge is -2.35. The summed E-state index contributed by atoms with van der Waals surface area (Å²) in [5, 5.41) is 0. The van der Waals surface area contributed by atoms with Crippen LogP contribution in [0.15, 0.2) is 85.0 Å². The van der Waals surface area contributed by atoms with Crippen molar-refractivity contribution < 1.29 is 23.7 Å². The molecule has 64 heavy (non-hydrogen) atoms. The Hall–Kier alpha value is -2.54. The normalized spacial score (nSPS) is 14.0. The molecule has 0 N–H and O–H groups in total. The Kier molecular flexibility index (Phi) is 27.5. The number of benzene rings is 2. The zero-order valence-electron chi connectivity index (χ0n) is 45.7. The maximum atomic E-state index is 6.53. The molecule has 5 nitrogen and oxygen atoms in total. The monoisotopic (exact) mass is 891 g/mol. The van der Waals surface area contributed by atoms with Crippen LogP contribution < -0.4 is 0 Å². The number of aryl methyl sites for hydroxylation is 2. The van der Waals surface area contributed by atoms with Crippen LogP contribution in [-0.2, 0) is 36.5 Å². The largest absolute Gasteiger partial charge is 0.375 e. The van der Waals surface area contributed by atoms with E-state index in [1.807, 2.05) is 13.8 Å². The third-order valence-corrected chi connectivity index (χ3v) is 13.2. The van der Waals surface area contributed by atoms with Gasteiger partial charge in [-0.1, -0.05) is 149 Å².